The van der Waals surface area contributed by atoms with Gasteiger partial charge in [-0.2, -0.15) is 0 Å². The molecule has 1 aliphatic rings. The number of carboxylic acid groups (broad SMARTS) is 1. The molecule has 0 saturated carbocycles. The molecule has 0 radical (unpaired) electrons. The minimum atomic E-state index is -0.995. The number of ether oxygens (including phenoxy) is 3. The predicted molar refractivity (Wildman–Crippen MR) is 81.1 cm³/mol. The van der Waals surface area contributed by atoms with Crippen LogP contribution in [0.25, 0.3) is 21.5 Å². The average Bonchev–Trinajstić information content (AvgIpc) is 3.01. The van der Waals surface area contributed by atoms with Gasteiger partial charge in [0, 0.05) is 16.2 Å². The van der Waals surface area contributed by atoms with Crippen molar-refractivity contribution < 1.29 is 24.1 Å². The van der Waals surface area contributed by atoms with Gasteiger partial charge in [-0.15, -0.1) is 0 Å². The maximum Gasteiger partial charge on any atom is 0.336 e. The Hall–Kier alpha value is -2.95. The van der Waals surface area contributed by atoms with Gasteiger partial charge in [-0.1, -0.05) is 18.2 Å². The SMILES string of the molecule is COc1cccc2c1ccc1c(C(=O)O)cc3c(c12)OCO3. The van der Waals surface area contributed by atoms with Gasteiger partial charge in [0.05, 0.1) is 12.7 Å². The summed E-state index contributed by atoms with van der Waals surface area (Å²) in [7, 11) is 1.61. The predicted octanol–water partition coefficient (Wildman–Crippen LogP) is 3.43. The van der Waals surface area contributed by atoms with Crippen molar-refractivity contribution in [2.24, 2.45) is 0 Å². The van der Waals surface area contributed by atoms with E-state index >= 15 is 0 Å². The van der Waals surface area contributed by atoms with E-state index in [4.69, 9.17) is 14.2 Å². The summed E-state index contributed by atoms with van der Waals surface area (Å²) in [6.07, 6.45) is 0. The summed E-state index contributed by atoms with van der Waals surface area (Å²) < 4.78 is 16.3. The monoisotopic (exact) mass is 296 g/mol. The second-order valence-corrected chi connectivity index (χ2v) is 5.01. The molecular weight excluding hydrogens is 284 g/mol. The van der Waals surface area contributed by atoms with Crippen LogP contribution < -0.4 is 14.2 Å². The molecular formula is C17H12O5. The average molecular weight is 296 g/mol. The van der Waals surface area contributed by atoms with E-state index in [2.05, 4.69) is 0 Å². The largest absolute Gasteiger partial charge is 0.496 e. The van der Waals surface area contributed by atoms with Crippen molar-refractivity contribution in [2.75, 3.05) is 13.9 Å². The van der Waals surface area contributed by atoms with Crippen molar-refractivity contribution in [3.05, 3.63) is 42.0 Å². The summed E-state index contributed by atoms with van der Waals surface area (Å²) >= 11 is 0. The molecule has 0 aromatic heterocycles. The van der Waals surface area contributed by atoms with E-state index in [1.54, 1.807) is 13.2 Å². The number of aromatic carboxylic acids is 1. The van der Waals surface area contributed by atoms with Crippen molar-refractivity contribution in [3.63, 3.8) is 0 Å². The van der Waals surface area contributed by atoms with E-state index < -0.39 is 5.97 Å². The van der Waals surface area contributed by atoms with Gasteiger partial charge in [0.1, 0.15) is 5.75 Å². The fraction of sp³-hybridized carbons (Fsp3) is 0.118. The lowest BCUT2D eigenvalue weighted by Crippen LogP contribution is -1.98. The Balaban J connectivity index is 2.24. The van der Waals surface area contributed by atoms with Crippen molar-refractivity contribution in [1.82, 2.24) is 0 Å². The Kier molecular flexibility index (Phi) is 2.63. The highest BCUT2D eigenvalue weighted by Crippen LogP contribution is 2.45. The summed E-state index contributed by atoms with van der Waals surface area (Å²) in [5.74, 6) is 0.775. The van der Waals surface area contributed by atoms with E-state index in [0.717, 1.165) is 21.9 Å². The van der Waals surface area contributed by atoms with Gasteiger partial charge in [0.25, 0.3) is 0 Å². The van der Waals surface area contributed by atoms with Gasteiger partial charge < -0.3 is 19.3 Å². The van der Waals surface area contributed by atoms with Crippen LogP contribution >= 0.6 is 0 Å². The molecule has 22 heavy (non-hydrogen) atoms. The molecule has 0 aliphatic carbocycles. The van der Waals surface area contributed by atoms with Crippen LogP contribution in [0.2, 0.25) is 0 Å². The first-order valence-corrected chi connectivity index (χ1v) is 6.76. The standard InChI is InChI=1S/C17H12O5/c1-20-13-4-2-3-10-9(13)5-6-11-12(17(18)19)7-14-16(15(10)11)22-8-21-14/h2-7H,8H2,1H3,(H,18,19). The first-order chi connectivity index (χ1) is 10.7. The second-order valence-electron chi connectivity index (χ2n) is 5.01. The molecule has 0 saturated heterocycles. The van der Waals surface area contributed by atoms with Crippen LogP contribution in [0.3, 0.4) is 0 Å². The van der Waals surface area contributed by atoms with Crippen molar-refractivity contribution in [1.29, 1.82) is 0 Å². The smallest absolute Gasteiger partial charge is 0.336 e. The topological polar surface area (TPSA) is 65.0 Å². The molecule has 0 amide bonds. The second kappa shape index (κ2) is 4.53. The molecule has 0 unspecified atom stereocenters. The van der Waals surface area contributed by atoms with Crippen molar-refractivity contribution in [3.8, 4) is 17.2 Å². The molecule has 110 valence electrons. The summed E-state index contributed by atoms with van der Waals surface area (Å²) in [5.41, 5.74) is 0.198. The zero-order valence-electron chi connectivity index (χ0n) is 11.8. The van der Waals surface area contributed by atoms with Crippen LogP contribution in [0.1, 0.15) is 10.4 Å². The van der Waals surface area contributed by atoms with E-state index in [1.807, 2.05) is 24.3 Å². The van der Waals surface area contributed by atoms with E-state index in [-0.39, 0.29) is 12.4 Å². The summed E-state index contributed by atoms with van der Waals surface area (Å²) in [5, 5.41) is 12.6. The van der Waals surface area contributed by atoms with Crippen LogP contribution in [-0.4, -0.2) is 25.0 Å². The lowest BCUT2D eigenvalue weighted by atomic mass is 9.96. The fourth-order valence-electron chi connectivity index (χ4n) is 2.95. The molecule has 0 bridgehead atoms. The zero-order chi connectivity index (χ0) is 15.3. The highest BCUT2D eigenvalue weighted by Gasteiger charge is 2.24. The highest BCUT2D eigenvalue weighted by molar-refractivity contribution is 6.18. The number of carbonyl (C=O) groups is 1. The van der Waals surface area contributed by atoms with Gasteiger partial charge in [-0.25, -0.2) is 4.79 Å². The Morgan fingerprint density at radius 1 is 1.14 bits per heavy atom. The minimum absolute atomic E-state index is 0.0911. The van der Waals surface area contributed by atoms with E-state index in [0.29, 0.717) is 16.9 Å². The van der Waals surface area contributed by atoms with Crippen LogP contribution in [-0.2, 0) is 0 Å². The molecule has 3 aromatic rings. The van der Waals surface area contributed by atoms with Crippen molar-refractivity contribution >= 4 is 27.5 Å². The molecule has 5 nitrogen and oxygen atoms in total. The molecule has 1 aliphatic heterocycles. The maximum atomic E-state index is 11.6. The lowest BCUT2D eigenvalue weighted by Gasteiger charge is -2.12. The van der Waals surface area contributed by atoms with Crippen LogP contribution in [0.5, 0.6) is 17.2 Å². The molecule has 4 rings (SSSR count). The number of fused-ring (bicyclic) bond motifs is 5. The van der Waals surface area contributed by atoms with Crippen LogP contribution in [0.15, 0.2) is 36.4 Å². The van der Waals surface area contributed by atoms with Gasteiger partial charge >= 0.3 is 5.97 Å². The first kappa shape index (κ1) is 12.8. The Labute approximate surface area is 125 Å². The van der Waals surface area contributed by atoms with Gasteiger partial charge in [-0.3, -0.25) is 0 Å². The van der Waals surface area contributed by atoms with Crippen LogP contribution in [0, 0.1) is 0 Å². The summed E-state index contributed by atoms with van der Waals surface area (Å²) in [6.45, 7) is 0.0911. The maximum absolute atomic E-state index is 11.6. The van der Waals surface area contributed by atoms with Crippen molar-refractivity contribution in [2.45, 2.75) is 0 Å². The number of methoxy groups -OCH3 is 1. The minimum Gasteiger partial charge on any atom is -0.496 e. The molecule has 1 heterocycles. The van der Waals surface area contributed by atoms with Crippen LogP contribution in [0.4, 0.5) is 0 Å². The third-order valence-electron chi connectivity index (χ3n) is 3.91. The normalized spacial score (nSPS) is 12.8. The number of benzene rings is 3. The van der Waals surface area contributed by atoms with Gasteiger partial charge in [-0.05, 0) is 23.6 Å². The third kappa shape index (κ3) is 1.62. The highest BCUT2D eigenvalue weighted by atomic mass is 16.7. The molecule has 5 heteroatoms. The first-order valence-electron chi connectivity index (χ1n) is 6.76. The Bertz CT molecular complexity index is 929. The molecule has 0 spiro atoms. The molecule has 0 atom stereocenters. The van der Waals surface area contributed by atoms with E-state index in [1.165, 1.54) is 6.07 Å². The summed E-state index contributed by atoms with van der Waals surface area (Å²) in [6, 6.07) is 10.8. The Morgan fingerprint density at radius 2 is 1.95 bits per heavy atom. The van der Waals surface area contributed by atoms with Gasteiger partial charge in [0.2, 0.25) is 6.79 Å². The number of carboxylic acids is 1. The number of hydrogen-bond acceptors (Lipinski definition) is 4. The molecule has 1 N–H and O–H groups in total. The Morgan fingerprint density at radius 3 is 2.73 bits per heavy atom. The number of rotatable bonds is 2. The lowest BCUT2D eigenvalue weighted by molar-refractivity contribution is 0.0698. The fourth-order valence-corrected chi connectivity index (χ4v) is 2.95. The third-order valence-corrected chi connectivity index (χ3v) is 3.91. The molecule has 0 fully saturated rings. The van der Waals surface area contributed by atoms with E-state index in [9.17, 15) is 9.90 Å². The zero-order valence-corrected chi connectivity index (χ0v) is 11.8. The van der Waals surface area contributed by atoms with Gasteiger partial charge in [0.15, 0.2) is 11.5 Å². The summed E-state index contributed by atoms with van der Waals surface area (Å²) in [4.78, 5) is 11.6. The quantitative estimate of drug-likeness (QED) is 0.734. The molecule has 3 aromatic carbocycles. The number of hydrogen-bond donors (Lipinski definition) is 1.